The summed E-state index contributed by atoms with van der Waals surface area (Å²) in [5.41, 5.74) is 0.848. The van der Waals surface area contributed by atoms with Crippen molar-refractivity contribution in [2.24, 2.45) is 0 Å². The number of benzene rings is 2. The molecule has 0 aliphatic heterocycles. The molecule has 148 valence electrons. The van der Waals surface area contributed by atoms with E-state index in [0.717, 1.165) is 0 Å². The van der Waals surface area contributed by atoms with E-state index in [1.165, 1.54) is 0 Å². The number of anilines is 2. The minimum absolute atomic E-state index is 0.121. The number of ether oxygens (including phenoxy) is 2. The number of hydrogen-bond acceptors (Lipinski definition) is 5. The van der Waals surface area contributed by atoms with E-state index in [1.807, 2.05) is 0 Å². The van der Waals surface area contributed by atoms with Crippen LogP contribution in [0.1, 0.15) is 0 Å². The number of halogens is 2. The fourth-order valence-corrected chi connectivity index (χ4v) is 2.30. The van der Waals surface area contributed by atoms with E-state index in [0.29, 0.717) is 21.4 Å². The first-order valence-corrected chi connectivity index (χ1v) is 9.00. The summed E-state index contributed by atoms with van der Waals surface area (Å²) in [5, 5.41) is 11.1. The van der Waals surface area contributed by atoms with E-state index >= 15 is 0 Å². The summed E-state index contributed by atoms with van der Waals surface area (Å²) >= 11 is 16.8. The van der Waals surface area contributed by atoms with Crippen LogP contribution in [0, 0.1) is 0 Å². The van der Waals surface area contributed by atoms with Gasteiger partial charge in [0, 0.05) is 0 Å². The lowest BCUT2D eigenvalue weighted by molar-refractivity contribution is 0.155. The summed E-state index contributed by atoms with van der Waals surface area (Å²) in [5.74, 6) is 0. The zero-order valence-electron chi connectivity index (χ0n) is 14.3. The fourth-order valence-electron chi connectivity index (χ4n) is 1.81. The largest absolute Gasteiger partial charge is 0.428 e. The normalized spacial score (nSPS) is 9.79. The number of rotatable bonds is 6. The van der Waals surface area contributed by atoms with Crippen LogP contribution in [0.4, 0.5) is 21.0 Å². The SMILES string of the molecule is O=C(Nc1ccccc1Cl)OCNC(=S)NCOC(=O)Nc1ccccc1Cl. The van der Waals surface area contributed by atoms with Crippen LogP contribution in [0.3, 0.4) is 0 Å². The van der Waals surface area contributed by atoms with Crippen LogP contribution >= 0.6 is 35.4 Å². The van der Waals surface area contributed by atoms with Crippen LogP contribution < -0.4 is 21.3 Å². The van der Waals surface area contributed by atoms with Crippen LogP contribution in [0.15, 0.2) is 48.5 Å². The molecule has 8 nitrogen and oxygen atoms in total. The minimum atomic E-state index is -0.709. The Labute approximate surface area is 176 Å². The van der Waals surface area contributed by atoms with Gasteiger partial charge in [-0.1, -0.05) is 47.5 Å². The Morgan fingerprint density at radius 2 is 1.18 bits per heavy atom. The Bertz CT molecular complexity index is 786. The van der Waals surface area contributed by atoms with Crippen LogP contribution in [-0.4, -0.2) is 30.8 Å². The van der Waals surface area contributed by atoms with Crippen LogP contribution in [0.2, 0.25) is 10.0 Å². The molecule has 2 amide bonds. The lowest BCUT2D eigenvalue weighted by Gasteiger charge is -2.12. The molecule has 2 rings (SSSR count). The third-order valence-electron chi connectivity index (χ3n) is 3.09. The summed E-state index contributed by atoms with van der Waals surface area (Å²) in [7, 11) is 0. The van der Waals surface area contributed by atoms with Crippen LogP contribution in [-0.2, 0) is 9.47 Å². The Balaban J connectivity index is 1.60. The van der Waals surface area contributed by atoms with Crippen molar-refractivity contribution in [2.45, 2.75) is 0 Å². The van der Waals surface area contributed by atoms with E-state index in [1.54, 1.807) is 48.5 Å². The van der Waals surface area contributed by atoms with Crippen molar-refractivity contribution in [1.29, 1.82) is 0 Å². The Morgan fingerprint density at radius 1 is 0.786 bits per heavy atom. The molecule has 0 bridgehead atoms. The third kappa shape index (κ3) is 7.47. The van der Waals surface area contributed by atoms with E-state index < -0.39 is 12.2 Å². The molecule has 2 aromatic carbocycles. The zero-order valence-corrected chi connectivity index (χ0v) is 16.7. The molecule has 11 heteroatoms. The highest BCUT2D eigenvalue weighted by Gasteiger charge is 2.07. The average molecular weight is 443 g/mol. The van der Waals surface area contributed by atoms with Gasteiger partial charge in [0.2, 0.25) is 0 Å². The summed E-state index contributed by atoms with van der Waals surface area (Å²) in [6, 6.07) is 13.5. The highest BCUT2D eigenvalue weighted by atomic mass is 35.5. The predicted molar refractivity (Wildman–Crippen MR) is 112 cm³/mol. The van der Waals surface area contributed by atoms with Crippen molar-refractivity contribution in [2.75, 3.05) is 24.1 Å². The summed E-state index contributed by atoms with van der Waals surface area (Å²) < 4.78 is 9.82. The second-order valence-electron chi connectivity index (χ2n) is 5.04. The molecule has 0 saturated carbocycles. The van der Waals surface area contributed by atoms with Gasteiger partial charge in [-0.2, -0.15) is 0 Å². The van der Waals surface area contributed by atoms with Crippen molar-refractivity contribution in [3.8, 4) is 0 Å². The Hall–Kier alpha value is -2.75. The topological polar surface area (TPSA) is 101 Å². The zero-order chi connectivity index (χ0) is 20.4. The first-order chi connectivity index (χ1) is 13.5. The van der Waals surface area contributed by atoms with Crippen molar-refractivity contribution >= 4 is 64.1 Å². The number of carbonyl (C=O) groups is 2. The lowest BCUT2D eigenvalue weighted by atomic mass is 10.3. The second-order valence-corrected chi connectivity index (χ2v) is 6.27. The highest BCUT2D eigenvalue weighted by molar-refractivity contribution is 7.80. The van der Waals surface area contributed by atoms with Gasteiger partial charge in [0.25, 0.3) is 0 Å². The molecule has 0 radical (unpaired) electrons. The molecule has 0 aromatic heterocycles. The maximum absolute atomic E-state index is 11.7. The first-order valence-electron chi connectivity index (χ1n) is 7.84. The number of hydrogen-bond donors (Lipinski definition) is 4. The van der Waals surface area contributed by atoms with E-state index in [4.69, 9.17) is 44.9 Å². The van der Waals surface area contributed by atoms with Gasteiger partial charge in [0.05, 0.1) is 21.4 Å². The van der Waals surface area contributed by atoms with E-state index in [2.05, 4.69) is 21.3 Å². The molecule has 0 atom stereocenters. The third-order valence-corrected chi connectivity index (χ3v) is 4.04. The van der Waals surface area contributed by atoms with Crippen molar-refractivity contribution in [3.63, 3.8) is 0 Å². The molecule has 28 heavy (non-hydrogen) atoms. The standard InChI is InChI=1S/C17H16Cl2N4O4S/c18-11-5-1-3-7-13(11)22-16(24)26-9-20-15(28)21-10-27-17(25)23-14-8-4-2-6-12(14)19/h1-8H,9-10H2,(H,22,24)(H,23,25)(H2,20,21,28). The fraction of sp³-hybridized carbons (Fsp3) is 0.118. The molecule has 0 heterocycles. The lowest BCUT2D eigenvalue weighted by Crippen LogP contribution is -2.39. The molecule has 0 saturated heterocycles. The van der Waals surface area contributed by atoms with Crippen molar-refractivity contribution in [3.05, 3.63) is 58.6 Å². The number of amides is 2. The van der Waals surface area contributed by atoms with Gasteiger partial charge < -0.3 is 20.1 Å². The van der Waals surface area contributed by atoms with Gasteiger partial charge >= 0.3 is 12.2 Å². The molecule has 0 fully saturated rings. The molecular formula is C17H16Cl2N4O4S. The first kappa shape index (κ1) is 21.5. The van der Waals surface area contributed by atoms with Gasteiger partial charge in [-0.15, -0.1) is 0 Å². The average Bonchev–Trinajstić information content (AvgIpc) is 2.65. The highest BCUT2D eigenvalue weighted by Crippen LogP contribution is 2.21. The van der Waals surface area contributed by atoms with Crippen molar-refractivity contribution in [1.82, 2.24) is 10.6 Å². The summed E-state index contributed by atoms with van der Waals surface area (Å²) in [6.07, 6.45) is -1.42. The predicted octanol–water partition coefficient (Wildman–Crippen LogP) is 4.17. The molecule has 0 spiro atoms. The number of thiocarbonyl (C=S) groups is 1. The van der Waals surface area contributed by atoms with Crippen molar-refractivity contribution < 1.29 is 19.1 Å². The Kier molecular flexibility index (Phi) is 8.60. The molecular weight excluding hydrogens is 427 g/mol. The number of carbonyl (C=O) groups excluding carboxylic acids is 2. The number of nitrogens with one attached hydrogen (secondary N) is 4. The maximum atomic E-state index is 11.7. The van der Waals surface area contributed by atoms with Gasteiger partial charge in [-0.25, -0.2) is 9.59 Å². The monoisotopic (exact) mass is 442 g/mol. The molecule has 0 aliphatic rings. The van der Waals surface area contributed by atoms with Gasteiger partial charge in [0.1, 0.15) is 0 Å². The summed E-state index contributed by atoms with van der Waals surface area (Å²) in [4.78, 5) is 23.3. The van der Waals surface area contributed by atoms with Gasteiger partial charge in [-0.3, -0.25) is 10.6 Å². The second kappa shape index (κ2) is 11.2. The van der Waals surface area contributed by atoms with Crippen LogP contribution in [0.5, 0.6) is 0 Å². The van der Waals surface area contributed by atoms with E-state index in [9.17, 15) is 9.59 Å². The molecule has 4 N–H and O–H groups in total. The quantitative estimate of drug-likeness (QED) is 0.393. The molecule has 0 aliphatic carbocycles. The molecule has 0 unspecified atom stereocenters. The molecule has 2 aromatic rings. The Morgan fingerprint density at radius 3 is 1.57 bits per heavy atom. The minimum Gasteiger partial charge on any atom is -0.428 e. The van der Waals surface area contributed by atoms with Gasteiger partial charge in [0.15, 0.2) is 18.6 Å². The van der Waals surface area contributed by atoms with Gasteiger partial charge in [-0.05, 0) is 36.5 Å². The van der Waals surface area contributed by atoms with Crippen LogP contribution in [0.25, 0.3) is 0 Å². The summed E-state index contributed by atoms with van der Waals surface area (Å²) in [6.45, 7) is -0.401. The van der Waals surface area contributed by atoms with E-state index in [-0.39, 0.29) is 18.6 Å². The maximum Gasteiger partial charge on any atom is 0.413 e. The number of para-hydroxylation sites is 2. The smallest absolute Gasteiger partial charge is 0.413 e.